The van der Waals surface area contributed by atoms with Crippen LogP contribution in [0.15, 0.2) is 22.7 Å². The van der Waals surface area contributed by atoms with Crippen molar-refractivity contribution in [3.05, 3.63) is 34.1 Å². The zero-order chi connectivity index (χ0) is 17.0. The highest BCUT2D eigenvalue weighted by Crippen LogP contribution is 2.21. The van der Waals surface area contributed by atoms with Gasteiger partial charge in [0.25, 0.3) is 0 Å². The molecule has 0 aliphatic carbocycles. The second-order valence-corrected chi connectivity index (χ2v) is 9.94. The van der Waals surface area contributed by atoms with Crippen LogP contribution in [0.5, 0.6) is 0 Å². The first-order chi connectivity index (χ1) is 9.98. The van der Waals surface area contributed by atoms with Gasteiger partial charge in [-0.25, -0.2) is 12.8 Å². The van der Waals surface area contributed by atoms with Crippen molar-refractivity contribution in [2.75, 3.05) is 18.6 Å². The van der Waals surface area contributed by atoms with E-state index in [1.54, 1.807) is 6.07 Å². The Labute approximate surface area is 141 Å². The van der Waals surface area contributed by atoms with Crippen LogP contribution >= 0.6 is 15.9 Å². The Bertz CT molecular complexity index is 602. The van der Waals surface area contributed by atoms with E-state index in [-0.39, 0.29) is 23.0 Å². The maximum absolute atomic E-state index is 13.8. The van der Waals surface area contributed by atoms with Crippen molar-refractivity contribution in [3.63, 3.8) is 0 Å². The molecule has 1 rings (SSSR count). The molecule has 0 aromatic heterocycles. The Hall–Kier alpha value is -0.460. The van der Waals surface area contributed by atoms with Crippen molar-refractivity contribution in [1.29, 1.82) is 0 Å². The van der Waals surface area contributed by atoms with Crippen molar-refractivity contribution >= 4 is 25.8 Å². The first-order valence-corrected chi connectivity index (χ1v) is 10.2. The topological polar surface area (TPSA) is 46.2 Å². The maximum atomic E-state index is 13.8. The summed E-state index contributed by atoms with van der Waals surface area (Å²) in [5, 5.41) is 3.38. The summed E-state index contributed by atoms with van der Waals surface area (Å²) in [6.07, 6.45) is 2.47. The predicted octanol–water partition coefficient (Wildman–Crippen LogP) is 3.57. The largest absolute Gasteiger partial charge is 0.313 e. The van der Waals surface area contributed by atoms with Crippen molar-refractivity contribution in [2.45, 2.75) is 39.7 Å². The molecule has 0 fully saturated rings. The quantitative estimate of drug-likeness (QED) is 0.733. The van der Waals surface area contributed by atoms with Gasteiger partial charge in [0, 0.05) is 23.3 Å². The van der Waals surface area contributed by atoms with Gasteiger partial charge in [0.2, 0.25) is 0 Å². The second-order valence-electron chi connectivity index (χ2n) is 6.77. The summed E-state index contributed by atoms with van der Waals surface area (Å²) in [5.74, 6) is -0.0171. The van der Waals surface area contributed by atoms with Gasteiger partial charge in [0.15, 0.2) is 0 Å². The molecule has 0 aliphatic rings. The van der Waals surface area contributed by atoms with E-state index < -0.39 is 9.84 Å². The molecule has 0 heterocycles. The predicted molar refractivity (Wildman–Crippen MR) is 93.4 cm³/mol. The van der Waals surface area contributed by atoms with E-state index in [0.29, 0.717) is 24.9 Å². The standard InChI is InChI=1S/C16H25BrFNO2S/c1-12(9-13-5-6-14(17)10-15(13)18)19-11-16(2,3)7-8-22(4,20)21/h5-6,10,12,19H,7-9,11H2,1-4H3/t12-/m0/s1. The van der Waals surface area contributed by atoms with E-state index in [4.69, 9.17) is 0 Å². The highest BCUT2D eigenvalue weighted by atomic mass is 79.9. The van der Waals surface area contributed by atoms with E-state index in [1.807, 2.05) is 26.8 Å². The lowest BCUT2D eigenvalue weighted by molar-refractivity contribution is 0.312. The molecule has 6 heteroatoms. The molecular formula is C16H25BrFNO2S. The molecule has 1 atom stereocenters. The van der Waals surface area contributed by atoms with E-state index in [2.05, 4.69) is 21.2 Å². The number of benzene rings is 1. The van der Waals surface area contributed by atoms with Crippen LogP contribution in [0.3, 0.4) is 0 Å². The summed E-state index contributed by atoms with van der Waals surface area (Å²) in [4.78, 5) is 0. The van der Waals surface area contributed by atoms with Crippen LogP contribution in [0.1, 0.15) is 32.8 Å². The fourth-order valence-corrected chi connectivity index (χ4v) is 3.35. The summed E-state index contributed by atoms with van der Waals surface area (Å²) < 4.78 is 37.1. The van der Waals surface area contributed by atoms with E-state index in [9.17, 15) is 12.8 Å². The normalized spacial score (nSPS) is 14.1. The highest BCUT2D eigenvalue weighted by molar-refractivity contribution is 9.10. The molecule has 1 aromatic carbocycles. The van der Waals surface area contributed by atoms with Crippen molar-refractivity contribution in [1.82, 2.24) is 5.32 Å². The summed E-state index contributed by atoms with van der Waals surface area (Å²) >= 11 is 3.25. The maximum Gasteiger partial charge on any atom is 0.147 e. The average Bonchev–Trinajstić information content (AvgIpc) is 2.37. The second kappa shape index (κ2) is 7.88. The average molecular weight is 394 g/mol. The number of nitrogens with one attached hydrogen (secondary N) is 1. The van der Waals surface area contributed by atoms with Crippen molar-refractivity contribution in [2.24, 2.45) is 5.41 Å². The summed E-state index contributed by atoms with van der Waals surface area (Å²) in [7, 11) is -2.94. The minimum absolute atomic E-state index is 0.115. The van der Waals surface area contributed by atoms with Crippen LogP contribution in [0.2, 0.25) is 0 Å². The third kappa shape index (κ3) is 7.70. The minimum atomic E-state index is -2.94. The van der Waals surface area contributed by atoms with Crippen molar-refractivity contribution in [3.8, 4) is 0 Å². The number of halogens is 2. The molecule has 22 heavy (non-hydrogen) atoms. The smallest absolute Gasteiger partial charge is 0.147 e. The Morgan fingerprint density at radius 2 is 2.00 bits per heavy atom. The van der Waals surface area contributed by atoms with Crippen LogP contribution in [-0.4, -0.2) is 33.0 Å². The van der Waals surface area contributed by atoms with Gasteiger partial charge < -0.3 is 5.32 Å². The van der Waals surface area contributed by atoms with Gasteiger partial charge >= 0.3 is 0 Å². The Morgan fingerprint density at radius 3 is 2.55 bits per heavy atom. The first-order valence-electron chi connectivity index (χ1n) is 7.33. The lowest BCUT2D eigenvalue weighted by atomic mass is 9.90. The van der Waals surface area contributed by atoms with Crippen LogP contribution in [0.25, 0.3) is 0 Å². The number of hydrogen-bond acceptors (Lipinski definition) is 3. The van der Waals surface area contributed by atoms with Gasteiger partial charge in [-0.15, -0.1) is 0 Å². The Balaban J connectivity index is 2.49. The monoisotopic (exact) mass is 393 g/mol. The zero-order valence-electron chi connectivity index (χ0n) is 13.6. The van der Waals surface area contributed by atoms with Crippen LogP contribution in [0.4, 0.5) is 4.39 Å². The van der Waals surface area contributed by atoms with Crippen LogP contribution in [-0.2, 0) is 16.3 Å². The summed E-state index contributed by atoms with van der Waals surface area (Å²) in [6.45, 7) is 6.78. The molecule has 0 amide bonds. The molecule has 0 saturated carbocycles. The Kier molecular flexibility index (Phi) is 7.02. The third-order valence-electron chi connectivity index (χ3n) is 3.62. The lowest BCUT2D eigenvalue weighted by Gasteiger charge is -2.27. The molecule has 0 radical (unpaired) electrons. The van der Waals surface area contributed by atoms with Gasteiger partial charge in [-0.2, -0.15) is 0 Å². The Morgan fingerprint density at radius 1 is 1.36 bits per heavy atom. The van der Waals surface area contributed by atoms with Gasteiger partial charge in [0.1, 0.15) is 15.7 Å². The molecule has 0 saturated heterocycles. The number of rotatable bonds is 8. The molecule has 0 aliphatic heterocycles. The zero-order valence-corrected chi connectivity index (χ0v) is 16.0. The lowest BCUT2D eigenvalue weighted by Crippen LogP contribution is -2.37. The fraction of sp³-hybridized carbons (Fsp3) is 0.625. The van der Waals surface area contributed by atoms with Crippen LogP contribution in [0, 0.1) is 11.2 Å². The molecule has 1 aromatic rings. The van der Waals surface area contributed by atoms with Gasteiger partial charge in [-0.1, -0.05) is 35.8 Å². The molecule has 3 nitrogen and oxygen atoms in total. The first kappa shape index (κ1) is 19.6. The minimum Gasteiger partial charge on any atom is -0.313 e. The van der Waals surface area contributed by atoms with E-state index in [1.165, 1.54) is 12.3 Å². The van der Waals surface area contributed by atoms with Gasteiger partial charge in [-0.3, -0.25) is 0 Å². The molecule has 0 spiro atoms. The SMILES string of the molecule is C[C@@H](Cc1ccc(Br)cc1F)NCC(C)(C)CCS(C)(=O)=O. The fourth-order valence-electron chi connectivity index (χ4n) is 2.09. The highest BCUT2D eigenvalue weighted by Gasteiger charge is 2.21. The molecule has 0 unspecified atom stereocenters. The van der Waals surface area contributed by atoms with Gasteiger partial charge in [-0.05, 0) is 42.9 Å². The number of sulfone groups is 1. The molecular weight excluding hydrogens is 369 g/mol. The van der Waals surface area contributed by atoms with Crippen molar-refractivity contribution < 1.29 is 12.8 Å². The summed E-state index contributed by atoms with van der Waals surface area (Å²) in [5.41, 5.74) is 0.562. The molecule has 0 bridgehead atoms. The van der Waals surface area contributed by atoms with Gasteiger partial charge in [0.05, 0.1) is 5.75 Å². The summed E-state index contributed by atoms with van der Waals surface area (Å²) in [6, 6.07) is 5.21. The molecule has 126 valence electrons. The van der Waals surface area contributed by atoms with Crippen LogP contribution < -0.4 is 5.32 Å². The molecule has 1 N–H and O–H groups in total. The van der Waals surface area contributed by atoms with E-state index >= 15 is 0 Å². The van der Waals surface area contributed by atoms with E-state index in [0.717, 1.165) is 4.47 Å². The number of hydrogen-bond donors (Lipinski definition) is 1. The third-order valence-corrected chi connectivity index (χ3v) is 5.06.